The van der Waals surface area contributed by atoms with Gasteiger partial charge in [-0.3, -0.25) is 4.72 Å². The van der Waals surface area contributed by atoms with Crippen molar-refractivity contribution in [2.24, 2.45) is 0 Å². The van der Waals surface area contributed by atoms with Crippen LogP contribution in [0.3, 0.4) is 0 Å². The number of benzene rings is 3. The van der Waals surface area contributed by atoms with Crippen LogP contribution in [-0.2, 0) is 14.8 Å². The van der Waals surface area contributed by atoms with Crippen LogP contribution in [0, 0.1) is 13.8 Å². The van der Waals surface area contributed by atoms with Gasteiger partial charge in [0.2, 0.25) is 10.0 Å². The summed E-state index contributed by atoms with van der Waals surface area (Å²) in [5.41, 5.74) is 5.14. The number of phenols is 1. The first-order chi connectivity index (χ1) is 18.0. The van der Waals surface area contributed by atoms with E-state index in [0.717, 1.165) is 34.3 Å². The lowest BCUT2D eigenvalue weighted by Crippen LogP contribution is -2.26. The van der Waals surface area contributed by atoms with E-state index >= 15 is 0 Å². The fraction of sp³-hybridized carbons (Fsp3) is 0.321. The number of hydrogen-bond donors (Lipinski definition) is 4. The predicted octanol–water partition coefficient (Wildman–Crippen LogP) is 3.93. The van der Waals surface area contributed by atoms with Crippen molar-refractivity contribution in [2.45, 2.75) is 26.9 Å². The van der Waals surface area contributed by atoms with Crippen molar-refractivity contribution < 1.29 is 32.9 Å². The van der Waals surface area contributed by atoms with Crippen LogP contribution in [0.15, 0.2) is 54.6 Å². The maximum absolute atomic E-state index is 11.9. The fourth-order valence-electron chi connectivity index (χ4n) is 4.09. The summed E-state index contributed by atoms with van der Waals surface area (Å²) in [6, 6.07) is 15.5. The average molecular weight is 543 g/mol. The number of aliphatic hydroxyl groups excluding tert-OH is 1. The maximum atomic E-state index is 11.9. The number of nitrogens with one attached hydrogen (secondary N) is 2. The largest absolute Gasteiger partial charge is 0.506 e. The van der Waals surface area contributed by atoms with Crippen LogP contribution in [0.25, 0.3) is 11.1 Å². The summed E-state index contributed by atoms with van der Waals surface area (Å²) in [6.07, 6.45) is 0.0768. The Labute approximate surface area is 223 Å². The van der Waals surface area contributed by atoms with Crippen molar-refractivity contribution in [3.8, 4) is 22.6 Å². The third-order valence-corrected chi connectivity index (χ3v) is 6.37. The molecule has 38 heavy (non-hydrogen) atoms. The fourth-order valence-corrected chi connectivity index (χ4v) is 4.65. The number of esters is 1. The number of rotatable bonds is 12. The molecule has 1 atom stereocenters. The van der Waals surface area contributed by atoms with E-state index in [2.05, 4.69) is 10.0 Å². The molecule has 0 spiro atoms. The minimum absolute atomic E-state index is 0.0107. The number of anilines is 1. The number of carbonyl (C=O) groups excluding carboxylic acids is 1. The molecule has 9 nitrogen and oxygen atoms in total. The zero-order valence-electron chi connectivity index (χ0n) is 21.9. The molecule has 0 amide bonds. The van der Waals surface area contributed by atoms with Gasteiger partial charge in [0.15, 0.2) is 0 Å². The van der Waals surface area contributed by atoms with Crippen molar-refractivity contribution in [1.29, 1.82) is 0 Å². The second-order valence-electron chi connectivity index (χ2n) is 8.95. The molecule has 0 aliphatic rings. The van der Waals surface area contributed by atoms with Gasteiger partial charge in [-0.2, -0.15) is 0 Å². The van der Waals surface area contributed by atoms with Crippen molar-refractivity contribution in [1.82, 2.24) is 5.32 Å². The Hall–Kier alpha value is -3.60. The number of phenolic OH excluding ortho intramolecular Hbond substituents is 1. The number of aliphatic hydroxyl groups is 1. The lowest BCUT2D eigenvalue weighted by atomic mass is 9.95. The third-order valence-electron chi connectivity index (χ3n) is 5.78. The van der Waals surface area contributed by atoms with Crippen molar-refractivity contribution in [3.05, 3.63) is 76.9 Å². The summed E-state index contributed by atoms with van der Waals surface area (Å²) in [4.78, 5) is 11.9. The normalized spacial score (nSPS) is 12.1. The summed E-state index contributed by atoms with van der Waals surface area (Å²) in [6.45, 7) is 7.18. The average Bonchev–Trinajstić information content (AvgIpc) is 2.84. The number of carbonyl (C=O) groups is 1. The van der Waals surface area contributed by atoms with Crippen LogP contribution >= 0.6 is 0 Å². The number of sulfonamides is 1. The van der Waals surface area contributed by atoms with Crippen LogP contribution in [-0.4, -0.2) is 57.2 Å². The number of aromatic hydroxyl groups is 1. The molecular weight excluding hydrogens is 508 g/mol. The van der Waals surface area contributed by atoms with E-state index in [4.69, 9.17) is 9.47 Å². The van der Waals surface area contributed by atoms with E-state index in [1.165, 1.54) is 18.2 Å². The zero-order valence-corrected chi connectivity index (χ0v) is 22.8. The Morgan fingerprint density at radius 1 is 1.03 bits per heavy atom. The molecule has 3 rings (SSSR count). The molecule has 4 N–H and O–H groups in total. The molecule has 0 aliphatic heterocycles. The number of aryl methyl sites for hydroxylation is 2. The summed E-state index contributed by atoms with van der Waals surface area (Å²) in [7, 11) is -3.57. The van der Waals surface area contributed by atoms with Gasteiger partial charge in [0.05, 0.1) is 30.2 Å². The molecule has 0 saturated carbocycles. The van der Waals surface area contributed by atoms with Crippen LogP contribution in [0.5, 0.6) is 11.5 Å². The molecule has 0 unspecified atom stereocenters. The van der Waals surface area contributed by atoms with E-state index in [1.54, 1.807) is 19.1 Å². The summed E-state index contributed by atoms with van der Waals surface area (Å²) >= 11 is 0. The SMILES string of the molecule is CCOC(=O)c1ccc(-c2c(C)cc(OCCNC[C@@H](O)c3ccc(O)c(NS(C)(=O)=O)c3)cc2C)cc1. The van der Waals surface area contributed by atoms with Gasteiger partial charge in [-0.15, -0.1) is 0 Å². The molecular formula is C28H34N2O7S. The molecule has 0 heterocycles. The second kappa shape index (κ2) is 12.8. The molecule has 10 heteroatoms. The van der Waals surface area contributed by atoms with Gasteiger partial charge in [0.25, 0.3) is 0 Å². The summed E-state index contributed by atoms with van der Waals surface area (Å²) in [5, 5.41) is 23.4. The maximum Gasteiger partial charge on any atom is 0.338 e. The monoisotopic (exact) mass is 542 g/mol. The van der Waals surface area contributed by atoms with E-state index in [1.807, 2.05) is 38.1 Å². The van der Waals surface area contributed by atoms with Crippen molar-refractivity contribution in [3.63, 3.8) is 0 Å². The first kappa shape index (κ1) is 29.0. The topological polar surface area (TPSA) is 134 Å². The molecule has 3 aromatic rings. The lowest BCUT2D eigenvalue weighted by Gasteiger charge is -2.16. The van der Waals surface area contributed by atoms with E-state index in [-0.39, 0.29) is 24.0 Å². The molecule has 0 fully saturated rings. The van der Waals surface area contributed by atoms with Gasteiger partial charge >= 0.3 is 5.97 Å². The van der Waals surface area contributed by atoms with Crippen LogP contribution in [0.2, 0.25) is 0 Å². The Kier molecular flexibility index (Phi) is 9.73. The molecule has 0 radical (unpaired) electrons. The highest BCUT2D eigenvalue weighted by atomic mass is 32.2. The molecule has 0 aromatic heterocycles. The molecule has 0 saturated heterocycles. The van der Waals surface area contributed by atoms with Crippen LogP contribution < -0.4 is 14.8 Å². The van der Waals surface area contributed by atoms with Gasteiger partial charge < -0.3 is 25.0 Å². The van der Waals surface area contributed by atoms with E-state index < -0.39 is 16.1 Å². The summed E-state index contributed by atoms with van der Waals surface area (Å²) < 4.78 is 36.1. The number of hydrogen-bond acceptors (Lipinski definition) is 8. The minimum Gasteiger partial charge on any atom is -0.506 e. The quantitative estimate of drug-likeness (QED) is 0.154. The second-order valence-corrected chi connectivity index (χ2v) is 10.7. The van der Waals surface area contributed by atoms with Crippen molar-refractivity contribution >= 4 is 21.7 Å². The van der Waals surface area contributed by atoms with E-state index in [9.17, 15) is 23.4 Å². The van der Waals surface area contributed by atoms with Gasteiger partial charge in [0, 0.05) is 13.1 Å². The van der Waals surface area contributed by atoms with Gasteiger partial charge in [-0.05, 0) is 85.0 Å². The van der Waals surface area contributed by atoms with Gasteiger partial charge in [-0.1, -0.05) is 18.2 Å². The van der Waals surface area contributed by atoms with Crippen LogP contribution in [0.4, 0.5) is 5.69 Å². The molecule has 204 valence electrons. The Morgan fingerprint density at radius 2 is 1.68 bits per heavy atom. The lowest BCUT2D eigenvalue weighted by molar-refractivity contribution is 0.0526. The highest BCUT2D eigenvalue weighted by Crippen LogP contribution is 2.31. The Balaban J connectivity index is 1.53. The Morgan fingerprint density at radius 3 is 2.29 bits per heavy atom. The van der Waals surface area contributed by atoms with Gasteiger partial charge in [0.1, 0.15) is 18.1 Å². The van der Waals surface area contributed by atoms with Crippen molar-refractivity contribution in [2.75, 3.05) is 37.3 Å². The third kappa shape index (κ3) is 7.95. The minimum atomic E-state index is -3.57. The highest BCUT2D eigenvalue weighted by molar-refractivity contribution is 7.92. The summed E-state index contributed by atoms with van der Waals surface area (Å²) in [5.74, 6) is 0.163. The van der Waals surface area contributed by atoms with E-state index in [0.29, 0.717) is 30.9 Å². The standard InChI is InChI=1S/C28H34N2O7S/c1-5-36-28(33)21-8-6-20(7-9-21)27-18(2)14-23(15-19(27)3)37-13-12-29-17-26(32)22-10-11-25(31)24(16-22)30-38(4,34)35/h6-11,14-16,26,29-32H,5,12-13,17H2,1-4H3/t26-/m1/s1. The predicted molar refractivity (Wildman–Crippen MR) is 147 cm³/mol. The highest BCUT2D eigenvalue weighted by Gasteiger charge is 2.14. The molecule has 0 bridgehead atoms. The zero-order chi connectivity index (χ0) is 27.9. The first-order valence-corrected chi connectivity index (χ1v) is 14.1. The smallest absolute Gasteiger partial charge is 0.338 e. The van der Waals surface area contributed by atoms with Crippen LogP contribution in [0.1, 0.15) is 40.1 Å². The number of ether oxygens (including phenoxy) is 2. The molecule has 0 aliphatic carbocycles. The first-order valence-electron chi connectivity index (χ1n) is 12.2. The van der Waals surface area contributed by atoms with Gasteiger partial charge in [-0.25, -0.2) is 13.2 Å². The molecule has 3 aromatic carbocycles. The Bertz CT molecular complexity index is 1350.